The van der Waals surface area contributed by atoms with Crippen molar-refractivity contribution in [3.8, 4) is 0 Å². The van der Waals surface area contributed by atoms with Gasteiger partial charge in [-0.25, -0.2) is 4.98 Å². The Morgan fingerprint density at radius 3 is 2.74 bits per heavy atom. The summed E-state index contributed by atoms with van der Waals surface area (Å²) in [7, 11) is 0. The van der Waals surface area contributed by atoms with E-state index in [9.17, 15) is 4.79 Å². The Balaban J connectivity index is 1.43. The maximum Gasteiger partial charge on any atom is 0.271 e. The van der Waals surface area contributed by atoms with Gasteiger partial charge in [0, 0.05) is 43.6 Å². The summed E-state index contributed by atoms with van der Waals surface area (Å²) in [5.41, 5.74) is 3.02. The van der Waals surface area contributed by atoms with Crippen molar-refractivity contribution in [2.75, 3.05) is 13.1 Å². The maximum absolute atomic E-state index is 13.2. The van der Waals surface area contributed by atoms with Crippen molar-refractivity contribution in [3.05, 3.63) is 70.2 Å². The van der Waals surface area contributed by atoms with E-state index in [2.05, 4.69) is 36.9 Å². The lowest BCUT2D eigenvalue weighted by molar-refractivity contribution is 0.0553. The molecule has 2 atom stereocenters. The fraction of sp³-hybridized carbons (Fsp3) is 0.350. The van der Waals surface area contributed by atoms with Gasteiger partial charge in [-0.1, -0.05) is 0 Å². The molecule has 0 unspecified atom stereocenters. The van der Waals surface area contributed by atoms with E-state index >= 15 is 0 Å². The Bertz CT molecular complexity index is 966. The van der Waals surface area contributed by atoms with E-state index in [1.54, 1.807) is 11.3 Å². The highest BCUT2D eigenvalue weighted by Gasteiger charge is 2.44. The predicted octanol–water partition coefficient (Wildman–Crippen LogP) is 2.73. The van der Waals surface area contributed by atoms with Gasteiger partial charge in [0.05, 0.1) is 29.3 Å². The van der Waals surface area contributed by atoms with Crippen molar-refractivity contribution in [2.45, 2.75) is 32.1 Å². The van der Waals surface area contributed by atoms with Crippen LogP contribution in [-0.2, 0) is 13.1 Å². The van der Waals surface area contributed by atoms with Crippen molar-refractivity contribution in [1.29, 1.82) is 0 Å². The zero-order valence-electron chi connectivity index (χ0n) is 15.2. The lowest BCUT2D eigenvalue weighted by Gasteiger charge is -2.38. The van der Waals surface area contributed by atoms with Gasteiger partial charge in [-0.2, -0.15) is 0 Å². The molecule has 3 aromatic rings. The molecule has 27 heavy (non-hydrogen) atoms. The standard InChI is InChI=1S/C20H21N5OS/c1-14-22-16(13-27-14)10-25-19-12-23(9-15-4-6-21-7-5-15)11-18(19)24-8-2-3-17(24)20(25)26/h2-8,13,18-19H,9-12H2,1H3/t18-,19+/m1/s1. The molecular weight excluding hydrogens is 358 g/mol. The second-order valence-electron chi connectivity index (χ2n) is 7.28. The van der Waals surface area contributed by atoms with E-state index in [0.29, 0.717) is 6.54 Å². The molecule has 0 saturated carbocycles. The topological polar surface area (TPSA) is 54.3 Å². The van der Waals surface area contributed by atoms with Crippen LogP contribution in [0.25, 0.3) is 0 Å². The Morgan fingerprint density at radius 2 is 1.96 bits per heavy atom. The minimum atomic E-state index is 0.109. The summed E-state index contributed by atoms with van der Waals surface area (Å²) in [5.74, 6) is 0.109. The van der Waals surface area contributed by atoms with Gasteiger partial charge in [-0.05, 0) is 36.8 Å². The molecule has 3 aromatic heterocycles. The quantitative estimate of drug-likeness (QED) is 0.699. The number of pyridine rings is 1. The van der Waals surface area contributed by atoms with Crippen molar-refractivity contribution >= 4 is 17.2 Å². The number of hydrogen-bond donors (Lipinski definition) is 0. The number of thiazole rings is 1. The monoisotopic (exact) mass is 379 g/mol. The normalized spacial score (nSPS) is 22.1. The van der Waals surface area contributed by atoms with Gasteiger partial charge in [0.15, 0.2) is 0 Å². The molecule has 7 heteroatoms. The fourth-order valence-electron chi connectivity index (χ4n) is 4.31. The molecule has 0 spiro atoms. The van der Waals surface area contributed by atoms with Gasteiger partial charge in [0.1, 0.15) is 5.69 Å². The molecule has 6 nitrogen and oxygen atoms in total. The molecule has 0 aliphatic carbocycles. The van der Waals surface area contributed by atoms with Crippen LogP contribution in [0.5, 0.6) is 0 Å². The van der Waals surface area contributed by atoms with Crippen molar-refractivity contribution < 1.29 is 4.79 Å². The minimum Gasteiger partial charge on any atom is -0.337 e. The van der Waals surface area contributed by atoms with Crippen LogP contribution in [0.2, 0.25) is 0 Å². The Hall–Kier alpha value is -2.51. The molecule has 2 aliphatic rings. The highest BCUT2D eigenvalue weighted by molar-refractivity contribution is 7.09. The van der Waals surface area contributed by atoms with Crippen molar-refractivity contribution in [3.63, 3.8) is 0 Å². The first kappa shape index (κ1) is 16.6. The van der Waals surface area contributed by atoms with Gasteiger partial charge in [-0.3, -0.25) is 14.7 Å². The zero-order chi connectivity index (χ0) is 18.4. The Kier molecular flexibility index (Phi) is 4.06. The number of amides is 1. The van der Waals surface area contributed by atoms with Gasteiger partial charge >= 0.3 is 0 Å². The molecule has 1 saturated heterocycles. The fourth-order valence-corrected chi connectivity index (χ4v) is 4.91. The lowest BCUT2D eigenvalue weighted by Crippen LogP contribution is -2.49. The number of nitrogens with zero attached hydrogens (tertiary/aromatic N) is 5. The summed E-state index contributed by atoms with van der Waals surface area (Å²) in [6.07, 6.45) is 5.72. The lowest BCUT2D eigenvalue weighted by atomic mass is 10.1. The molecule has 1 fully saturated rings. The highest BCUT2D eigenvalue weighted by Crippen LogP contribution is 2.35. The molecule has 0 N–H and O–H groups in total. The third-order valence-corrected chi connectivity index (χ3v) is 6.33. The Labute approximate surface area is 162 Å². The number of carbonyl (C=O) groups is 1. The highest BCUT2D eigenvalue weighted by atomic mass is 32.1. The zero-order valence-corrected chi connectivity index (χ0v) is 16.0. The van der Waals surface area contributed by atoms with Crippen LogP contribution in [0.3, 0.4) is 0 Å². The van der Waals surface area contributed by atoms with Crippen LogP contribution in [0.4, 0.5) is 0 Å². The molecule has 5 heterocycles. The van der Waals surface area contributed by atoms with Crippen LogP contribution in [0.1, 0.15) is 32.8 Å². The number of aryl methyl sites for hydroxylation is 1. The van der Waals surface area contributed by atoms with Crippen molar-refractivity contribution in [1.82, 2.24) is 24.3 Å². The number of fused-ring (bicyclic) bond motifs is 3. The van der Waals surface area contributed by atoms with Crippen LogP contribution >= 0.6 is 11.3 Å². The van der Waals surface area contributed by atoms with E-state index < -0.39 is 0 Å². The summed E-state index contributed by atoms with van der Waals surface area (Å²) >= 11 is 1.64. The van der Waals surface area contributed by atoms with Crippen LogP contribution in [0, 0.1) is 6.92 Å². The minimum absolute atomic E-state index is 0.109. The Morgan fingerprint density at radius 1 is 1.15 bits per heavy atom. The average molecular weight is 379 g/mol. The summed E-state index contributed by atoms with van der Waals surface area (Å²) in [6.45, 7) is 5.28. The summed E-state index contributed by atoms with van der Waals surface area (Å²) in [5, 5.41) is 3.11. The second kappa shape index (κ2) is 6.58. The second-order valence-corrected chi connectivity index (χ2v) is 8.34. The largest absolute Gasteiger partial charge is 0.337 e. The first-order valence-electron chi connectivity index (χ1n) is 9.19. The molecule has 5 rings (SSSR count). The van der Waals surface area contributed by atoms with E-state index in [-0.39, 0.29) is 18.0 Å². The van der Waals surface area contributed by atoms with Gasteiger partial charge in [0.2, 0.25) is 0 Å². The van der Waals surface area contributed by atoms with Gasteiger partial charge in [0.25, 0.3) is 5.91 Å². The third-order valence-electron chi connectivity index (χ3n) is 5.51. The third kappa shape index (κ3) is 2.96. The molecule has 0 aromatic carbocycles. The first-order valence-corrected chi connectivity index (χ1v) is 10.1. The number of rotatable bonds is 4. The van der Waals surface area contributed by atoms with Gasteiger partial charge < -0.3 is 9.47 Å². The van der Waals surface area contributed by atoms with E-state index in [1.165, 1.54) is 5.56 Å². The van der Waals surface area contributed by atoms with Gasteiger partial charge in [-0.15, -0.1) is 11.3 Å². The summed E-state index contributed by atoms with van der Waals surface area (Å²) in [4.78, 5) is 26.3. The molecule has 138 valence electrons. The number of hydrogen-bond acceptors (Lipinski definition) is 5. The van der Waals surface area contributed by atoms with E-state index in [4.69, 9.17) is 0 Å². The molecule has 0 radical (unpaired) electrons. The smallest absolute Gasteiger partial charge is 0.271 e. The van der Waals surface area contributed by atoms with E-state index in [0.717, 1.165) is 36.0 Å². The van der Waals surface area contributed by atoms with Crippen molar-refractivity contribution in [2.24, 2.45) is 0 Å². The number of likely N-dealkylation sites (tertiary alicyclic amines) is 1. The van der Waals surface area contributed by atoms with E-state index in [1.807, 2.05) is 42.5 Å². The maximum atomic E-state index is 13.2. The molecular formula is C20H21N5OS. The number of aromatic nitrogens is 3. The van der Waals surface area contributed by atoms with Crippen LogP contribution < -0.4 is 0 Å². The molecule has 1 amide bonds. The summed E-state index contributed by atoms with van der Waals surface area (Å²) < 4.78 is 2.17. The first-order chi connectivity index (χ1) is 13.2. The van der Waals surface area contributed by atoms with Crippen LogP contribution in [0.15, 0.2) is 48.2 Å². The molecule has 0 bridgehead atoms. The summed E-state index contributed by atoms with van der Waals surface area (Å²) in [6, 6.07) is 8.49. The molecule has 2 aliphatic heterocycles. The number of carbonyl (C=O) groups excluding carboxylic acids is 1. The SMILES string of the molecule is Cc1nc(CN2C(=O)c3cccn3[C@@H]3CN(Cc4ccncc4)C[C@@H]32)cs1. The van der Waals surface area contributed by atoms with Crippen LogP contribution in [-0.4, -0.2) is 49.4 Å². The predicted molar refractivity (Wildman–Crippen MR) is 103 cm³/mol. The average Bonchev–Trinajstić information content (AvgIpc) is 3.39.